The van der Waals surface area contributed by atoms with Crippen molar-refractivity contribution in [2.24, 2.45) is 5.16 Å². The van der Waals surface area contributed by atoms with Crippen molar-refractivity contribution in [3.8, 4) is 5.75 Å². The summed E-state index contributed by atoms with van der Waals surface area (Å²) in [5.41, 5.74) is 1.57. The highest BCUT2D eigenvalue weighted by Gasteiger charge is 2.31. The van der Waals surface area contributed by atoms with E-state index >= 15 is 0 Å². The lowest BCUT2D eigenvalue weighted by Crippen LogP contribution is -2.25. The molecule has 0 aliphatic carbocycles. The molecule has 6 nitrogen and oxygen atoms in total. The van der Waals surface area contributed by atoms with Gasteiger partial charge in [-0.05, 0) is 42.0 Å². The minimum absolute atomic E-state index is 0.177. The fraction of sp³-hybridized carbons (Fsp3) is 0.222. The number of carboxylic acids is 1. The third-order valence-electron chi connectivity index (χ3n) is 4.03. The van der Waals surface area contributed by atoms with Crippen LogP contribution >= 0.6 is 0 Å². The van der Waals surface area contributed by atoms with Crippen LogP contribution in [0.1, 0.15) is 28.4 Å². The van der Waals surface area contributed by atoms with Crippen LogP contribution in [0.4, 0.5) is 18.9 Å². The normalized spacial score (nSPS) is 16.4. The first-order valence-electron chi connectivity index (χ1n) is 7.88. The van der Waals surface area contributed by atoms with Gasteiger partial charge < -0.3 is 19.6 Å². The van der Waals surface area contributed by atoms with Crippen molar-refractivity contribution in [1.82, 2.24) is 0 Å². The quantitative estimate of drug-likeness (QED) is 0.861. The number of carboxylic acid groups (broad SMARTS) is 1. The van der Waals surface area contributed by atoms with Gasteiger partial charge in [0, 0.05) is 12.7 Å². The molecule has 142 valence electrons. The summed E-state index contributed by atoms with van der Waals surface area (Å²) in [5, 5.41) is 13.0. The van der Waals surface area contributed by atoms with E-state index < -0.39 is 18.4 Å². The van der Waals surface area contributed by atoms with Crippen LogP contribution in [0.25, 0.3) is 0 Å². The van der Waals surface area contributed by atoms with Crippen LogP contribution in [0.15, 0.2) is 53.7 Å². The Balaban J connectivity index is 1.64. The standard InChI is InChI=1S/C18H15F3N2O4/c1-23(13-6-2-12(3-7-13)17(24)25)16-10-15(27-22-16)11-4-8-14(9-5-11)26-18(19,20)21/h2-9,15H,10H2,1H3,(H,24,25)/t15-/m0/s1. The van der Waals surface area contributed by atoms with Crippen LogP contribution in [0.2, 0.25) is 0 Å². The van der Waals surface area contributed by atoms with Gasteiger partial charge in [-0.25, -0.2) is 4.79 Å². The van der Waals surface area contributed by atoms with E-state index in [0.29, 0.717) is 17.8 Å². The number of benzene rings is 2. The van der Waals surface area contributed by atoms with Gasteiger partial charge in [0.2, 0.25) is 0 Å². The Labute approximate surface area is 152 Å². The van der Waals surface area contributed by atoms with Crippen LogP contribution in [0, 0.1) is 0 Å². The largest absolute Gasteiger partial charge is 0.573 e. The third kappa shape index (κ3) is 4.49. The maximum atomic E-state index is 12.2. The summed E-state index contributed by atoms with van der Waals surface area (Å²) in [7, 11) is 1.76. The molecule has 1 N–H and O–H groups in total. The zero-order valence-electron chi connectivity index (χ0n) is 14.1. The molecule has 0 radical (unpaired) electrons. The van der Waals surface area contributed by atoms with E-state index in [4.69, 9.17) is 9.94 Å². The smallest absolute Gasteiger partial charge is 0.478 e. The predicted octanol–water partition coefficient (Wildman–Crippen LogP) is 4.19. The molecule has 0 aromatic heterocycles. The maximum absolute atomic E-state index is 12.2. The van der Waals surface area contributed by atoms with Crippen molar-refractivity contribution >= 4 is 17.5 Å². The van der Waals surface area contributed by atoms with E-state index in [2.05, 4.69) is 9.89 Å². The van der Waals surface area contributed by atoms with Crippen LogP contribution < -0.4 is 9.64 Å². The third-order valence-corrected chi connectivity index (χ3v) is 4.03. The number of hydrogen-bond acceptors (Lipinski definition) is 5. The summed E-state index contributed by atoms with van der Waals surface area (Å²) in [4.78, 5) is 18.1. The number of halogens is 3. The maximum Gasteiger partial charge on any atom is 0.573 e. The number of oxime groups is 1. The Kier molecular flexibility index (Phi) is 4.93. The van der Waals surface area contributed by atoms with Gasteiger partial charge in [-0.1, -0.05) is 17.3 Å². The highest BCUT2D eigenvalue weighted by molar-refractivity contribution is 5.98. The fourth-order valence-electron chi connectivity index (χ4n) is 2.60. The molecule has 0 spiro atoms. The summed E-state index contributed by atoms with van der Waals surface area (Å²) in [5.74, 6) is -0.705. The first-order valence-corrected chi connectivity index (χ1v) is 7.88. The molecule has 0 saturated heterocycles. The SMILES string of the molecule is CN(C1=NO[C@H](c2ccc(OC(F)(F)F)cc2)C1)c1ccc(C(=O)O)cc1. The van der Waals surface area contributed by atoms with Gasteiger partial charge in [0.15, 0.2) is 11.9 Å². The summed E-state index contributed by atoms with van der Waals surface area (Å²) in [6.07, 6.45) is -4.75. The molecular weight excluding hydrogens is 365 g/mol. The van der Waals surface area contributed by atoms with Gasteiger partial charge in [0.1, 0.15) is 5.75 Å². The van der Waals surface area contributed by atoms with Gasteiger partial charge in [0.25, 0.3) is 0 Å². The van der Waals surface area contributed by atoms with Gasteiger partial charge in [-0.15, -0.1) is 13.2 Å². The van der Waals surface area contributed by atoms with E-state index in [1.807, 2.05) is 0 Å². The molecule has 2 aromatic carbocycles. The van der Waals surface area contributed by atoms with Crippen molar-refractivity contribution in [2.75, 3.05) is 11.9 Å². The van der Waals surface area contributed by atoms with Crippen molar-refractivity contribution in [2.45, 2.75) is 18.9 Å². The number of carbonyl (C=O) groups is 1. The first-order chi connectivity index (χ1) is 12.7. The van der Waals surface area contributed by atoms with E-state index in [1.165, 1.54) is 36.4 Å². The summed E-state index contributed by atoms with van der Waals surface area (Å²) in [6, 6.07) is 11.7. The van der Waals surface area contributed by atoms with E-state index in [-0.39, 0.29) is 11.3 Å². The summed E-state index contributed by atoms with van der Waals surface area (Å²) >= 11 is 0. The Morgan fingerprint density at radius 3 is 2.37 bits per heavy atom. The molecule has 9 heteroatoms. The lowest BCUT2D eigenvalue weighted by molar-refractivity contribution is -0.274. The van der Waals surface area contributed by atoms with Crippen molar-refractivity contribution in [3.63, 3.8) is 0 Å². The first kappa shape index (κ1) is 18.6. The molecular formula is C18H15F3N2O4. The van der Waals surface area contributed by atoms with Gasteiger partial charge in [0.05, 0.1) is 12.0 Å². The fourth-order valence-corrected chi connectivity index (χ4v) is 2.60. The molecule has 0 unspecified atom stereocenters. The monoisotopic (exact) mass is 380 g/mol. The van der Waals surface area contributed by atoms with Crippen LogP contribution in [-0.4, -0.2) is 30.3 Å². The number of amidine groups is 1. The van der Waals surface area contributed by atoms with Crippen molar-refractivity contribution in [3.05, 3.63) is 59.7 Å². The average molecular weight is 380 g/mol. The lowest BCUT2D eigenvalue weighted by Gasteiger charge is -2.18. The molecule has 3 rings (SSSR count). The number of rotatable bonds is 4. The van der Waals surface area contributed by atoms with Crippen LogP contribution in [-0.2, 0) is 4.84 Å². The molecule has 0 fully saturated rings. The minimum Gasteiger partial charge on any atom is -0.478 e. The van der Waals surface area contributed by atoms with E-state index in [1.54, 1.807) is 24.1 Å². The van der Waals surface area contributed by atoms with Crippen LogP contribution in [0.5, 0.6) is 5.75 Å². The zero-order chi connectivity index (χ0) is 19.6. The average Bonchev–Trinajstić information content (AvgIpc) is 3.10. The Bertz CT molecular complexity index is 848. The van der Waals surface area contributed by atoms with Gasteiger partial charge in [-0.3, -0.25) is 0 Å². The predicted molar refractivity (Wildman–Crippen MR) is 90.8 cm³/mol. The second-order valence-electron chi connectivity index (χ2n) is 5.83. The molecule has 0 saturated carbocycles. The Morgan fingerprint density at radius 1 is 1.19 bits per heavy atom. The molecule has 27 heavy (non-hydrogen) atoms. The van der Waals surface area contributed by atoms with Crippen LogP contribution in [0.3, 0.4) is 0 Å². The topological polar surface area (TPSA) is 71.4 Å². The molecule has 0 amide bonds. The number of hydrogen-bond donors (Lipinski definition) is 1. The van der Waals surface area contributed by atoms with E-state index in [0.717, 1.165) is 5.69 Å². The molecule has 1 atom stereocenters. The number of alkyl halides is 3. The Morgan fingerprint density at radius 2 is 1.81 bits per heavy atom. The lowest BCUT2D eigenvalue weighted by atomic mass is 10.1. The van der Waals surface area contributed by atoms with Crippen molar-refractivity contribution < 1.29 is 32.6 Å². The highest BCUT2D eigenvalue weighted by atomic mass is 19.4. The van der Waals surface area contributed by atoms with Gasteiger partial charge in [-0.2, -0.15) is 0 Å². The summed E-state index contributed by atoms with van der Waals surface area (Å²) in [6.45, 7) is 0. The van der Waals surface area contributed by atoms with Crippen molar-refractivity contribution in [1.29, 1.82) is 0 Å². The Hall–Kier alpha value is -3.23. The number of aromatic carboxylic acids is 1. The van der Waals surface area contributed by atoms with Gasteiger partial charge >= 0.3 is 12.3 Å². The number of ether oxygens (including phenoxy) is 1. The van der Waals surface area contributed by atoms with E-state index in [9.17, 15) is 18.0 Å². The summed E-state index contributed by atoms with van der Waals surface area (Å²) < 4.78 is 40.5. The second-order valence-corrected chi connectivity index (χ2v) is 5.83. The zero-order valence-corrected chi connectivity index (χ0v) is 14.1. The molecule has 1 aliphatic rings. The molecule has 2 aromatic rings. The molecule has 0 bridgehead atoms. The molecule has 1 heterocycles. The number of nitrogens with zero attached hydrogens (tertiary/aromatic N) is 2. The minimum atomic E-state index is -4.74. The second kappa shape index (κ2) is 7.18. The highest BCUT2D eigenvalue weighted by Crippen LogP contribution is 2.31. The molecule has 1 aliphatic heterocycles. The number of anilines is 1.